The molecule has 0 aliphatic carbocycles. The number of carbonyl (C=O) groups is 2. The van der Waals surface area contributed by atoms with Crippen molar-refractivity contribution in [2.24, 2.45) is 0 Å². The SMILES string of the molecule is COc1ccc(O)c2c1SC(=C1C(=O)N(Cc3ccccc3)N(Cc3ccccc3)C1=O)S2. The van der Waals surface area contributed by atoms with Crippen molar-refractivity contribution in [3.63, 3.8) is 0 Å². The summed E-state index contributed by atoms with van der Waals surface area (Å²) >= 11 is 2.52. The van der Waals surface area contributed by atoms with Gasteiger partial charge in [0.25, 0.3) is 11.8 Å². The normalized spacial score (nSPS) is 15.4. The lowest BCUT2D eigenvalue weighted by molar-refractivity contribution is -0.149. The summed E-state index contributed by atoms with van der Waals surface area (Å²) in [6.45, 7) is 0.567. The van der Waals surface area contributed by atoms with Crippen LogP contribution in [0.15, 0.2) is 92.4 Å². The van der Waals surface area contributed by atoms with E-state index in [9.17, 15) is 14.7 Å². The van der Waals surface area contributed by atoms with Crippen LogP contribution in [0.3, 0.4) is 0 Å². The van der Waals surface area contributed by atoms with Gasteiger partial charge in [0, 0.05) is 0 Å². The molecule has 0 atom stereocenters. The predicted octanol–water partition coefficient (Wildman–Crippen LogP) is 4.80. The van der Waals surface area contributed by atoms with E-state index in [-0.39, 0.29) is 36.2 Å². The molecule has 0 saturated carbocycles. The van der Waals surface area contributed by atoms with Crippen molar-refractivity contribution in [3.8, 4) is 11.5 Å². The van der Waals surface area contributed by atoms with Gasteiger partial charge in [0.15, 0.2) is 0 Å². The molecule has 1 saturated heterocycles. The molecule has 1 N–H and O–H groups in total. The molecule has 33 heavy (non-hydrogen) atoms. The average Bonchev–Trinajstić information content (AvgIpc) is 3.37. The maximum Gasteiger partial charge on any atom is 0.280 e. The number of benzene rings is 3. The van der Waals surface area contributed by atoms with Gasteiger partial charge in [0.2, 0.25) is 0 Å². The zero-order valence-electron chi connectivity index (χ0n) is 17.7. The third kappa shape index (κ3) is 3.96. The highest BCUT2D eigenvalue weighted by atomic mass is 32.2. The molecule has 2 aliphatic rings. The first kappa shape index (κ1) is 21.5. The van der Waals surface area contributed by atoms with Crippen molar-refractivity contribution in [2.45, 2.75) is 22.9 Å². The van der Waals surface area contributed by atoms with E-state index in [0.29, 0.717) is 19.8 Å². The molecule has 0 unspecified atom stereocenters. The van der Waals surface area contributed by atoms with Crippen LogP contribution < -0.4 is 4.74 Å². The number of carbonyl (C=O) groups excluding carboxylic acids is 2. The molecule has 8 heteroatoms. The van der Waals surface area contributed by atoms with Gasteiger partial charge in [0.05, 0.1) is 34.2 Å². The minimum Gasteiger partial charge on any atom is -0.507 e. The lowest BCUT2D eigenvalue weighted by Gasteiger charge is -2.27. The summed E-state index contributed by atoms with van der Waals surface area (Å²) in [5.41, 5.74) is 1.98. The van der Waals surface area contributed by atoms with Gasteiger partial charge >= 0.3 is 0 Å². The number of hydrazine groups is 1. The van der Waals surface area contributed by atoms with Gasteiger partial charge in [-0.1, -0.05) is 84.2 Å². The second kappa shape index (κ2) is 8.88. The van der Waals surface area contributed by atoms with Crippen LogP contribution in [0.5, 0.6) is 11.5 Å². The van der Waals surface area contributed by atoms with E-state index in [0.717, 1.165) is 11.1 Å². The Balaban J connectivity index is 1.54. The average molecular weight is 477 g/mol. The second-order valence-corrected chi connectivity index (χ2v) is 9.81. The van der Waals surface area contributed by atoms with Gasteiger partial charge in [-0.2, -0.15) is 0 Å². The molecule has 5 rings (SSSR count). The first-order valence-electron chi connectivity index (χ1n) is 10.3. The summed E-state index contributed by atoms with van der Waals surface area (Å²) in [7, 11) is 1.55. The first-order valence-corrected chi connectivity index (χ1v) is 11.9. The monoisotopic (exact) mass is 476 g/mol. The van der Waals surface area contributed by atoms with Gasteiger partial charge in [-0.05, 0) is 23.3 Å². The first-order chi connectivity index (χ1) is 16.1. The van der Waals surface area contributed by atoms with E-state index in [2.05, 4.69) is 0 Å². The number of thioether (sulfide) groups is 2. The van der Waals surface area contributed by atoms with Crippen LogP contribution in [0.2, 0.25) is 0 Å². The molecule has 6 nitrogen and oxygen atoms in total. The molecular weight excluding hydrogens is 456 g/mol. The Hall–Kier alpha value is -3.36. The lowest BCUT2D eigenvalue weighted by Crippen LogP contribution is -2.39. The van der Waals surface area contributed by atoms with Crippen LogP contribution in [0, 0.1) is 0 Å². The third-order valence-corrected chi connectivity index (χ3v) is 8.04. The number of nitrogens with zero attached hydrogens (tertiary/aromatic N) is 2. The summed E-state index contributed by atoms with van der Waals surface area (Å²) in [4.78, 5) is 28.5. The fraction of sp³-hybridized carbons (Fsp3) is 0.120. The van der Waals surface area contributed by atoms with E-state index in [1.165, 1.54) is 33.5 Å². The molecule has 166 valence electrons. The zero-order valence-corrected chi connectivity index (χ0v) is 19.4. The molecule has 0 radical (unpaired) electrons. The predicted molar refractivity (Wildman–Crippen MR) is 127 cm³/mol. The maximum absolute atomic E-state index is 13.6. The third-order valence-electron chi connectivity index (χ3n) is 5.41. The Kier molecular flexibility index (Phi) is 5.78. The molecule has 3 aromatic rings. The number of methoxy groups -OCH3 is 1. The molecule has 2 amide bonds. The van der Waals surface area contributed by atoms with Crippen LogP contribution in [-0.2, 0) is 22.7 Å². The Bertz CT molecular complexity index is 1200. The molecule has 2 aliphatic heterocycles. The van der Waals surface area contributed by atoms with Crippen LogP contribution in [0.4, 0.5) is 0 Å². The van der Waals surface area contributed by atoms with E-state index in [1.807, 2.05) is 60.7 Å². The summed E-state index contributed by atoms with van der Waals surface area (Å²) in [5, 5.41) is 13.4. The van der Waals surface area contributed by atoms with Crippen LogP contribution in [0.25, 0.3) is 0 Å². The van der Waals surface area contributed by atoms with Crippen molar-refractivity contribution in [2.75, 3.05) is 7.11 Å². The molecule has 2 heterocycles. The highest BCUT2D eigenvalue weighted by Gasteiger charge is 2.45. The van der Waals surface area contributed by atoms with Gasteiger partial charge in [-0.25, -0.2) is 10.0 Å². The lowest BCUT2D eigenvalue weighted by atomic mass is 10.2. The highest BCUT2D eigenvalue weighted by Crippen LogP contribution is 2.59. The molecule has 0 aromatic heterocycles. The molecule has 3 aromatic carbocycles. The Labute approximate surface area is 199 Å². The second-order valence-electron chi connectivity index (χ2n) is 7.51. The zero-order chi connectivity index (χ0) is 22.9. The summed E-state index contributed by atoms with van der Waals surface area (Å²) in [6.07, 6.45) is 0. The summed E-state index contributed by atoms with van der Waals surface area (Å²) in [6, 6.07) is 22.4. The number of phenolic OH excluding ortho intramolecular Hbond substituents is 1. The molecule has 1 fully saturated rings. The summed E-state index contributed by atoms with van der Waals surface area (Å²) < 4.78 is 5.97. The van der Waals surface area contributed by atoms with Crippen molar-refractivity contribution >= 4 is 35.3 Å². The highest BCUT2D eigenvalue weighted by molar-refractivity contribution is 8.25. The number of hydrogen-bond donors (Lipinski definition) is 1. The topological polar surface area (TPSA) is 70.1 Å². The number of phenols is 1. The summed E-state index contributed by atoms with van der Waals surface area (Å²) in [5.74, 6) is -0.00255. The van der Waals surface area contributed by atoms with Crippen molar-refractivity contribution in [3.05, 3.63) is 93.7 Å². The van der Waals surface area contributed by atoms with E-state index < -0.39 is 0 Å². The number of aromatic hydroxyl groups is 1. The molecular formula is C25H20N2O4S2. The fourth-order valence-electron chi connectivity index (χ4n) is 3.77. The van der Waals surface area contributed by atoms with Gasteiger partial charge in [0.1, 0.15) is 17.1 Å². The fourth-order valence-corrected chi connectivity index (χ4v) is 6.42. The maximum atomic E-state index is 13.6. The number of fused-ring (bicyclic) bond motifs is 1. The number of amides is 2. The van der Waals surface area contributed by atoms with E-state index in [1.54, 1.807) is 19.2 Å². The number of rotatable bonds is 5. The van der Waals surface area contributed by atoms with Gasteiger partial charge in [-0.15, -0.1) is 0 Å². The minimum atomic E-state index is -0.346. The van der Waals surface area contributed by atoms with E-state index in [4.69, 9.17) is 4.74 Å². The number of ether oxygens (including phenoxy) is 1. The van der Waals surface area contributed by atoms with E-state index >= 15 is 0 Å². The number of hydrogen-bond acceptors (Lipinski definition) is 6. The Morgan fingerprint density at radius 3 is 1.79 bits per heavy atom. The standard InChI is InChI=1S/C25H20N2O4S2/c1-31-19-13-12-18(28)21-22(19)33-25(32-21)20-23(29)26(14-16-8-4-2-5-9-16)27(24(20)30)15-17-10-6-3-7-11-17/h2-13,28H,14-15H2,1H3. The minimum absolute atomic E-state index is 0.0964. The van der Waals surface area contributed by atoms with Crippen molar-refractivity contribution in [1.29, 1.82) is 0 Å². The van der Waals surface area contributed by atoms with Crippen molar-refractivity contribution < 1.29 is 19.4 Å². The molecule has 0 bridgehead atoms. The smallest absolute Gasteiger partial charge is 0.280 e. The Morgan fingerprint density at radius 1 is 0.758 bits per heavy atom. The quantitative estimate of drug-likeness (QED) is 0.422. The van der Waals surface area contributed by atoms with Crippen LogP contribution in [0.1, 0.15) is 11.1 Å². The van der Waals surface area contributed by atoms with Crippen molar-refractivity contribution in [1.82, 2.24) is 10.0 Å². The largest absolute Gasteiger partial charge is 0.507 e. The molecule has 0 spiro atoms. The van der Waals surface area contributed by atoms with Crippen LogP contribution in [-0.4, -0.2) is 34.0 Å². The van der Waals surface area contributed by atoms with Gasteiger partial charge < -0.3 is 9.84 Å². The Morgan fingerprint density at radius 2 is 1.27 bits per heavy atom. The van der Waals surface area contributed by atoms with Gasteiger partial charge in [-0.3, -0.25) is 9.59 Å². The van der Waals surface area contributed by atoms with Crippen LogP contribution >= 0.6 is 23.5 Å².